The molecule has 1 aromatic carbocycles. The molecule has 1 aromatic rings. The lowest BCUT2D eigenvalue weighted by Gasteiger charge is -2.15. The summed E-state index contributed by atoms with van der Waals surface area (Å²) >= 11 is 17.1. The molecule has 0 amide bonds. The molecule has 0 fully saturated rings. The van der Waals surface area contributed by atoms with Gasteiger partial charge in [-0.05, 0) is 18.1 Å². The van der Waals surface area contributed by atoms with Crippen LogP contribution in [-0.4, -0.2) is 20.3 Å². The van der Waals surface area contributed by atoms with Crippen LogP contribution in [0.3, 0.4) is 0 Å². The molecule has 0 spiro atoms. The molecule has 1 rings (SSSR count). The molecule has 0 heterocycles. The van der Waals surface area contributed by atoms with Crippen LogP contribution in [0.5, 0.6) is 0 Å². The van der Waals surface area contributed by atoms with Gasteiger partial charge in [0.05, 0.1) is 10.0 Å². The predicted molar refractivity (Wildman–Crippen MR) is 76.1 cm³/mol. The van der Waals surface area contributed by atoms with E-state index in [1.54, 1.807) is 0 Å². The zero-order chi connectivity index (χ0) is 14.8. The van der Waals surface area contributed by atoms with Crippen LogP contribution in [-0.2, 0) is 10.0 Å². The molecule has 1 N–H and O–H groups in total. The summed E-state index contributed by atoms with van der Waals surface area (Å²) in [6.07, 6.45) is 0. The van der Waals surface area contributed by atoms with Gasteiger partial charge in [0, 0.05) is 11.9 Å². The number of benzene rings is 1. The van der Waals surface area contributed by atoms with Gasteiger partial charge in [-0.25, -0.2) is 17.5 Å². The highest BCUT2D eigenvalue weighted by Crippen LogP contribution is 2.29. The summed E-state index contributed by atoms with van der Waals surface area (Å²) < 4.78 is 39.7. The molecule has 1 unspecified atom stereocenters. The monoisotopic (exact) mass is 347 g/mol. The molecule has 3 nitrogen and oxygen atoms in total. The maximum Gasteiger partial charge on any atom is 0.242 e. The first-order chi connectivity index (χ1) is 8.66. The minimum Gasteiger partial charge on any atom is -0.210 e. The molecule has 0 aliphatic carbocycles. The average Bonchev–Trinajstić information content (AvgIpc) is 2.32. The average molecular weight is 349 g/mol. The standard InChI is InChI=1S/C11H13Cl3FNO2S/c1-6(2)8(13)5-16-19(17,18)9-4-3-7(12)11(15)10(9)14/h3-4,6,8,16H,5H2,1-2H3. The molecule has 0 aromatic heterocycles. The second kappa shape index (κ2) is 6.59. The largest absolute Gasteiger partial charge is 0.242 e. The van der Waals surface area contributed by atoms with Gasteiger partial charge in [-0.2, -0.15) is 0 Å². The third kappa shape index (κ3) is 4.20. The van der Waals surface area contributed by atoms with E-state index in [1.807, 2.05) is 13.8 Å². The zero-order valence-electron chi connectivity index (χ0n) is 10.3. The number of hydrogen-bond acceptors (Lipinski definition) is 2. The van der Waals surface area contributed by atoms with Crippen molar-refractivity contribution in [3.63, 3.8) is 0 Å². The van der Waals surface area contributed by atoms with E-state index >= 15 is 0 Å². The maximum absolute atomic E-state index is 13.5. The topological polar surface area (TPSA) is 46.2 Å². The van der Waals surface area contributed by atoms with E-state index in [9.17, 15) is 12.8 Å². The Labute approximate surface area is 127 Å². The molecule has 108 valence electrons. The Hall–Kier alpha value is -0.0700. The van der Waals surface area contributed by atoms with Crippen molar-refractivity contribution < 1.29 is 12.8 Å². The molecule has 0 aliphatic heterocycles. The van der Waals surface area contributed by atoms with E-state index < -0.39 is 20.9 Å². The van der Waals surface area contributed by atoms with Crippen LogP contribution in [0.15, 0.2) is 17.0 Å². The molecule has 19 heavy (non-hydrogen) atoms. The Balaban J connectivity index is 2.99. The van der Waals surface area contributed by atoms with Gasteiger partial charge in [-0.15, -0.1) is 11.6 Å². The van der Waals surface area contributed by atoms with E-state index in [0.29, 0.717) is 0 Å². The quantitative estimate of drug-likeness (QED) is 0.652. The summed E-state index contributed by atoms with van der Waals surface area (Å²) in [5.41, 5.74) is 0. The molecule has 1 atom stereocenters. The Bertz CT molecular complexity index is 563. The number of halogens is 4. The summed E-state index contributed by atoms with van der Waals surface area (Å²) in [6.45, 7) is 3.75. The highest BCUT2D eigenvalue weighted by molar-refractivity contribution is 7.89. The Kier molecular flexibility index (Phi) is 5.89. The minimum atomic E-state index is -3.92. The van der Waals surface area contributed by atoms with Gasteiger partial charge in [0.15, 0.2) is 5.82 Å². The van der Waals surface area contributed by atoms with E-state index in [0.717, 1.165) is 12.1 Å². The van der Waals surface area contributed by atoms with Crippen molar-refractivity contribution in [3.05, 3.63) is 28.0 Å². The first-order valence-electron chi connectivity index (χ1n) is 5.44. The molecule has 0 radical (unpaired) electrons. The van der Waals surface area contributed by atoms with Gasteiger partial charge in [-0.3, -0.25) is 0 Å². The van der Waals surface area contributed by atoms with Gasteiger partial charge in [0.1, 0.15) is 4.90 Å². The van der Waals surface area contributed by atoms with Gasteiger partial charge < -0.3 is 0 Å². The van der Waals surface area contributed by atoms with Gasteiger partial charge in [-0.1, -0.05) is 37.0 Å². The van der Waals surface area contributed by atoms with Crippen molar-refractivity contribution in [3.8, 4) is 0 Å². The lowest BCUT2D eigenvalue weighted by molar-refractivity contribution is 0.554. The van der Waals surface area contributed by atoms with Gasteiger partial charge in [0.2, 0.25) is 10.0 Å². The van der Waals surface area contributed by atoms with Crippen molar-refractivity contribution >= 4 is 44.8 Å². The third-order valence-electron chi connectivity index (χ3n) is 2.48. The van der Waals surface area contributed by atoms with Crippen molar-refractivity contribution in [2.45, 2.75) is 24.1 Å². The van der Waals surface area contributed by atoms with Crippen LogP contribution >= 0.6 is 34.8 Å². The molecule has 0 aliphatic rings. The van der Waals surface area contributed by atoms with Crippen LogP contribution < -0.4 is 4.72 Å². The predicted octanol–water partition coefficient (Wildman–Crippen LogP) is 3.67. The lowest BCUT2D eigenvalue weighted by Crippen LogP contribution is -2.32. The summed E-state index contributed by atoms with van der Waals surface area (Å²) in [5.74, 6) is -0.862. The molecule has 8 heteroatoms. The smallest absolute Gasteiger partial charge is 0.210 e. The van der Waals surface area contributed by atoms with Crippen LogP contribution in [0.4, 0.5) is 4.39 Å². The molecule has 0 bridgehead atoms. The van der Waals surface area contributed by atoms with Gasteiger partial charge in [0.25, 0.3) is 0 Å². The number of sulfonamides is 1. The summed E-state index contributed by atoms with van der Waals surface area (Å²) in [7, 11) is -3.92. The molecular weight excluding hydrogens is 336 g/mol. The fraction of sp³-hybridized carbons (Fsp3) is 0.455. The first-order valence-corrected chi connectivity index (χ1v) is 8.11. The summed E-state index contributed by atoms with van der Waals surface area (Å²) in [5, 5.41) is -1.14. The van der Waals surface area contributed by atoms with Crippen LogP contribution in [0.1, 0.15) is 13.8 Å². The normalized spacial score (nSPS) is 13.8. The number of alkyl halides is 1. The summed E-state index contributed by atoms with van der Waals surface area (Å²) in [4.78, 5) is -0.358. The third-order valence-corrected chi connectivity index (χ3v) is 5.38. The number of rotatable bonds is 5. The fourth-order valence-electron chi connectivity index (χ4n) is 1.22. The number of nitrogens with one attached hydrogen (secondary N) is 1. The Morgan fingerprint density at radius 2 is 1.89 bits per heavy atom. The minimum absolute atomic E-state index is 0.0299. The second-order valence-corrected chi connectivity index (χ2v) is 7.37. The first kappa shape index (κ1) is 17.0. The van der Waals surface area contributed by atoms with E-state index in [-0.39, 0.29) is 27.8 Å². The highest BCUT2D eigenvalue weighted by atomic mass is 35.5. The zero-order valence-corrected chi connectivity index (χ0v) is 13.3. The fourth-order valence-corrected chi connectivity index (χ4v) is 3.19. The van der Waals surface area contributed by atoms with Crippen LogP contribution in [0, 0.1) is 11.7 Å². The molecule has 0 saturated carbocycles. The second-order valence-electron chi connectivity index (χ2n) is 4.29. The van der Waals surface area contributed by atoms with Crippen LogP contribution in [0.25, 0.3) is 0 Å². The van der Waals surface area contributed by atoms with Crippen LogP contribution in [0.2, 0.25) is 10.0 Å². The van der Waals surface area contributed by atoms with E-state index in [4.69, 9.17) is 34.8 Å². The Morgan fingerprint density at radius 1 is 1.32 bits per heavy atom. The highest BCUT2D eigenvalue weighted by Gasteiger charge is 2.23. The SMILES string of the molecule is CC(C)C(Cl)CNS(=O)(=O)c1ccc(Cl)c(F)c1Cl. The summed E-state index contributed by atoms with van der Waals surface area (Å²) in [6, 6.07) is 2.28. The molecule has 0 saturated heterocycles. The lowest BCUT2D eigenvalue weighted by atomic mass is 10.1. The Morgan fingerprint density at radius 3 is 2.42 bits per heavy atom. The van der Waals surface area contributed by atoms with E-state index in [2.05, 4.69) is 4.72 Å². The van der Waals surface area contributed by atoms with Crippen molar-refractivity contribution in [1.82, 2.24) is 4.72 Å². The van der Waals surface area contributed by atoms with Crippen molar-refractivity contribution in [2.24, 2.45) is 5.92 Å². The van der Waals surface area contributed by atoms with Gasteiger partial charge >= 0.3 is 0 Å². The number of hydrogen-bond donors (Lipinski definition) is 1. The van der Waals surface area contributed by atoms with Crippen molar-refractivity contribution in [2.75, 3.05) is 6.54 Å². The maximum atomic E-state index is 13.5. The van der Waals surface area contributed by atoms with Crippen molar-refractivity contribution in [1.29, 1.82) is 0 Å². The molecular formula is C11H13Cl3FNO2S. The van der Waals surface area contributed by atoms with E-state index in [1.165, 1.54) is 0 Å².